The average molecular weight is 334 g/mol. The van der Waals surface area contributed by atoms with Crippen LogP contribution in [0.5, 0.6) is 0 Å². The van der Waals surface area contributed by atoms with Gasteiger partial charge in [-0.05, 0) is 73.3 Å². The Morgan fingerprint density at radius 1 is 0.667 bits per heavy atom. The van der Waals surface area contributed by atoms with Crippen LogP contribution >= 0.6 is 0 Å². The fourth-order valence-electron chi connectivity index (χ4n) is 4.63. The summed E-state index contributed by atoms with van der Waals surface area (Å²) in [4.78, 5) is 0. The minimum Gasteiger partial charge on any atom is -0.203 e. The van der Waals surface area contributed by atoms with Crippen LogP contribution in [-0.2, 0) is 12.8 Å². The van der Waals surface area contributed by atoms with E-state index in [9.17, 15) is 8.78 Å². The molecule has 2 heteroatoms. The zero-order valence-corrected chi connectivity index (χ0v) is 15.3. The molecule has 1 aromatic rings. The molecular formula is C22H32F2. The summed E-state index contributed by atoms with van der Waals surface area (Å²) in [6, 6.07) is 3.72. The smallest absolute Gasteiger partial charge is 0.162 e. The van der Waals surface area contributed by atoms with Gasteiger partial charge in [-0.2, -0.15) is 0 Å². The first kappa shape index (κ1) is 17.9. The molecule has 0 bridgehead atoms. The maximum atomic E-state index is 14.5. The highest BCUT2D eigenvalue weighted by Crippen LogP contribution is 2.34. The summed E-state index contributed by atoms with van der Waals surface area (Å²) >= 11 is 0. The lowest BCUT2D eigenvalue weighted by molar-refractivity contribution is 0.283. The Balaban J connectivity index is 1.63. The quantitative estimate of drug-likeness (QED) is 0.574. The molecule has 0 unspecified atom stereocenters. The van der Waals surface area contributed by atoms with E-state index in [2.05, 4.69) is 13.8 Å². The fraction of sp³-hybridized carbons (Fsp3) is 0.727. The van der Waals surface area contributed by atoms with Crippen LogP contribution in [0.1, 0.15) is 76.3 Å². The molecular weight excluding hydrogens is 302 g/mol. The van der Waals surface area contributed by atoms with E-state index in [4.69, 9.17) is 0 Å². The largest absolute Gasteiger partial charge is 0.203 e. The molecule has 0 spiro atoms. The van der Waals surface area contributed by atoms with E-state index in [0.717, 1.165) is 37.5 Å². The molecule has 0 aromatic heterocycles. The first-order valence-corrected chi connectivity index (χ1v) is 9.98. The Labute approximate surface area is 146 Å². The monoisotopic (exact) mass is 334 g/mol. The van der Waals surface area contributed by atoms with Gasteiger partial charge in [0.25, 0.3) is 0 Å². The maximum Gasteiger partial charge on any atom is 0.162 e. The highest BCUT2D eigenvalue weighted by atomic mass is 19.2. The predicted octanol–water partition coefficient (Wildman–Crippen LogP) is 6.70. The van der Waals surface area contributed by atoms with Gasteiger partial charge < -0.3 is 0 Å². The van der Waals surface area contributed by atoms with Gasteiger partial charge in [0.05, 0.1) is 0 Å². The van der Waals surface area contributed by atoms with Crippen molar-refractivity contribution >= 4 is 0 Å². The standard InChI is InChI=1S/C22H32F2/c1-15-3-7-17(8-4-15)13-19-11-12-20(22(24)21(19)23)14-18-9-5-16(2)6-10-18/h11-12,15-18H,3-10,13-14H2,1-2H3. The summed E-state index contributed by atoms with van der Waals surface area (Å²) in [7, 11) is 0. The first-order chi connectivity index (χ1) is 11.5. The topological polar surface area (TPSA) is 0 Å². The third-order valence-corrected chi connectivity index (χ3v) is 6.53. The van der Waals surface area contributed by atoms with Gasteiger partial charge in [-0.3, -0.25) is 0 Å². The van der Waals surface area contributed by atoms with E-state index in [1.807, 2.05) is 12.1 Å². The highest BCUT2D eigenvalue weighted by Gasteiger charge is 2.24. The van der Waals surface area contributed by atoms with E-state index >= 15 is 0 Å². The van der Waals surface area contributed by atoms with Crippen LogP contribution in [0.25, 0.3) is 0 Å². The molecule has 0 N–H and O–H groups in total. The molecule has 0 aliphatic heterocycles. The zero-order chi connectivity index (χ0) is 17.1. The van der Waals surface area contributed by atoms with Gasteiger partial charge in [0.15, 0.2) is 11.6 Å². The zero-order valence-electron chi connectivity index (χ0n) is 15.3. The second-order valence-electron chi connectivity index (χ2n) is 8.67. The van der Waals surface area contributed by atoms with Crippen LogP contribution in [0.15, 0.2) is 12.1 Å². The molecule has 24 heavy (non-hydrogen) atoms. The lowest BCUT2D eigenvalue weighted by Crippen LogP contribution is -2.17. The Bertz CT molecular complexity index is 486. The Morgan fingerprint density at radius 3 is 1.33 bits per heavy atom. The molecule has 3 rings (SSSR count). The van der Waals surface area contributed by atoms with Crippen molar-refractivity contribution < 1.29 is 8.78 Å². The molecule has 2 fully saturated rings. The lowest BCUT2D eigenvalue weighted by Gasteiger charge is -2.27. The molecule has 1 aromatic carbocycles. The van der Waals surface area contributed by atoms with Gasteiger partial charge in [0, 0.05) is 0 Å². The summed E-state index contributed by atoms with van der Waals surface area (Å²) in [6.45, 7) is 4.58. The third kappa shape index (κ3) is 4.37. The minimum atomic E-state index is -0.574. The molecule has 0 saturated heterocycles. The van der Waals surface area contributed by atoms with Gasteiger partial charge in [0.2, 0.25) is 0 Å². The molecule has 0 nitrogen and oxygen atoms in total. The Hall–Kier alpha value is -0.920. The second kappa shape index (κ2) is 7.97. The second-order valence-corrected chi connectivity index (χ2v) is 8.67. The van der Waals surface area contributed by atoms with Gasteiger partial charge in [0.1, 0.15) is 0 Å². The highest BCUT2D eigenvalue weighted by molar-refractivity contribution is 5.27. The van der Waals surface area contributed by atoms with E-state index in [0.29, 0.717) is 35.8 Å². The third-order valence-electron chi connectivity index (χ3n) is 6.53. The Kier molecular flexibility index (Phi) is 5.94. The molecule has 2 aliphatic rings. The van der Waals surface area contributed by atoms with Crippen molar-refractivity contribution in [1.29, 1.82) is 0 Å². The number of halogens is 2. The van der Waals surface area contributed by atoms with Crippen molar-refractivity contribution in [3.8, 4) is 0 Å². The predicted molar refractivity (Wildman–Crippen MR) is 96.0 cm³/mol. The van der Waals surface area contributed by atoms with Crippen LogP contribution < -0.4 is 0 Å². The van der Waals surface area contributed by atoms with E-state index < -0.39 is 11.6 Å². The first-order valence-electron chi connectivity index (χ1n) is 9.98. The summed E-state index contributed by atoms with van der Waals surface area (Å²) < 4.78 is 29.1. The lowest BCUT2D eigenvalue weighted by atomic mass is 9.79. The number of hydrogen-bond acceptors (Lipinski definition) is 0. The summed E-state index contributed by atoms with van der Waals surface area (Å²) in [6.07, 6.45) is 11.0. The van der Waals surface area contributed by atoms with E-state index in [-0.39, 0.29) is 0 Å². The number of hydrogen-bond donors (Lipinski definition) is 0. The van der Waals surface area contributed by atoms with E-state index in [1.165, 1.54) is 25.7 Å². The van der Waals surface area contributed by atoms with Crippen LogP contribution in [0.2, 0.25) is 0 Å². The van der Waals surface area contributed by atoms with Gasteiger partial charge in [-0.1, -0.05) is 51.7 Å². The van der Waals surface area contributed by atoms with Gasteiger partial charge >= 0.3 is 0 Å². The molecule has 0 heterocycles. The van der Waals surface area contributed by atoms with Gasteiger partial charge in [-0.15, -0.1) is 0 Å². The molecule has 2 saturated carbocycles. The Morgan fingerprint density at radius 2 is 1.00 bits per heavy atom. The number of rotatable bonds is 4. The molecule has 0 atom stereocenters. The van der Waals surface area contributed by atoms with Crippen molar-refractivity contribution in [2.24, 2.45) is 23.7 Å². The molecule has 0 radical (unpaired) electrons. The van der Waals surface area contributed by atoms with E-state index in [1.54, 1.807) is 0 Å². The number of benzene rings is 1. The van der Waals surface area contributed by atoms with Crippen LogP contribution in [0.3, 0.4) is 0 Å². The van der Waals surface area contributed by atoms with Crippen molar-refractivity contribution in [2.45, 2.75) is 78.1 Å². The van der Waals surface area contributed by atoms with Crippen molar-refractivity contribution in [1.82, 2.24) is 0 Å². The minimum absolute atomic E-state index is 0.529. The molecule has 0 amide bonds. The molecule has 134 valence electrons. The van der Waals surface area contributed by atoms with Crippen molar-refractivity contribution in [3.63, 3.8) is 0 Å². The van der Waals surface area contributed by atoms with Gasteiger partial charge in [-0.25, -0.2) is 8.78 Å². The van der Waals surface area contributed by atoms with Crippen molar-refractivity contribution in [2.75, 3.05) is 0 Å². The summed E-state index contributed by atoms with van der Waals surface area (Å²) in [5.74, 6) is 1.50. The van der Waals surface area contributed by atoms with Crippen LogP contribution in [0, 0.1) is 35.3 Å². The summed E-state index contributed by atoms with van der Waals surface area (Å²) in [5, 5.41) is 0. The maximum absolute atomic E-state index is 14.5. The summed E-state index contributed by atoms with van der Waals surface area (Å²) in [5.41, 5.74) is 1.18. The van der Waals surface area contributed by atoms with Crippen LogP contribution in [-0.4, -0.2) is 0 Å². The van der Waals surface area contributed by atoms with Crippen molar-refractivity contribution in [3.05, 3.63) is 34.9 Å². The fourth-order valence-corrected chi connectivity index (χ4v) is 4.63. The van der Waals surface area contributed by atoms with Crippen LogP contribution in [0.4, 0.5) is 8.78 Å². The average Bonchev–Trinajstić information content (AvgIpc) is 2.58. The molecule has 2 aliphatic carbocycles. The normalized spacial score (nSPS) is 31.2. The SMILES string of the molecule is CC1CCC(Cc2ccc(CC3CCC(C)CC3)c(F)c2F)CC1.